The van der Waals surface area contributed by atoms with Crippen molar-refractivity contribution in [2.45, 2.75) is 51.9 Å². The molecule has 0 saturated heterocycles. The van der Waals surface area contributed by atoms with E-state index >= 15 is 0 Å². The van der Waals surface area contributed by atoms with E-state index in [0.717, 1.165) is 12.8 Å². The summed E-state index contributed by atoms with van der Waals surface area (Å²) >= 11 is 0. The Balaban J connectivity index is 2.66. The maximum Gasteiger partial charge on any atom is 0.309 e. The monoisotopic (exact) mass is 220 g/mol. The van der Waals surface area contributed by atoms with Crippen LogP contribution in [0.4, 0.5) is 8.78 Å². The molecule has 1 N–H and O–H groups in total. The van der Waals surface area contributed by atoms with Crippen LogP contribution < -0.4 is 0 Å². The summed E-state index contributed by atoms with van der Waals surface area (Å²) in [7, 11) is 0. The third-order valence-corrected chi connectivity index (χ3v) is 3.19. The molecule has 4 heteroatoms. The van der Waals surface area contributed by atoms with E-state index in [1.54, 1.807) is 0 Å². The number of carboxylic acid groups (broad SMARTS) is 1. The van der Waals surface area contributed by atoms with Crippen LogP contribution in [-0.4, -0.2) is 17.0 Å². The molecule has 0 aromatic carbocycles. The maximum atomic E-state index is 13.5. The van der Waals surface area contributed by atoms with Crippen LogP contribution in [0, 0.1) is 11.3 Å². The second kappa shape index (κ2) is 4.06. The Morgan fingerprint density at radius 2 is 2.13 bits per heavy atom. The van der Waals surface area contributed by atoms with E-state index in [1.807, 2.05) is 13.8 Å². The topological polar surface area (TPSA) is 37.3 Å². The molecule has 1 unspecified atom stereocenters. The van der Waals surface area contributed by atoms with Gasteiger partial charge in [-0.25, -0.2) is 8.78 Å². The number of rotatable bonds is 3. The van der Waals surface area contributed by atoms with Crippen LogP contribution in [0.3, 0.4) is 0 Å². The third kappa shape index (κ3) is 3.43. The SMILES string of the molecule is CC1(C)CCCC(C(F)(F)CC(=O)O)C1. The van der Waals surface area contributed by atoms with Gasteiger partial charge in [0.1, 0.15) is 6.42 Å². The number of hydrogen-bond donors (Lipinski definition) is 1. The van der Waals surface area contributed by atoms with E-state index in [-0.39, 0.29) is 5.41 Å². The highest BCUT2D eigenvalue weighted by atomic mass is 19.3. The molecule has 1 aliphatic carbocycles. The molecule has 0 aromatic rings. The van der Waals surface area contributed by atoms with Crippen LogP contribution in [0.2, 0.25) is 0 Å². The molecule has 0 aliphatic heterocycles. The summed E-state index contributed by atoms with van der Waals surface area (Å²) in [5, 5.41) is 8.43. The Kier molecular flexibility index (Phi) is 3.36. The Hall–Kier alpha value is -0.670. The molecule has 0 bridgehead atoms. The molecule has 1 atom stereocenters. The average Bonchev–Trinajstić information content (AvgIpc) is 1.99. The summed E-state index contributed by atoms with van der Waals surface area (Å²) < 4.78 is 27.0. The van der Waals surface area contributed by atoms with Crippen molar-refractivity contribution in [1.82, 2.24) is 0 Å². The molecule has 88 valence electrons. The van der Waals surface area contributed by atoms with Crippen molar-refractivity contribution >= 4 is 5.97 Å². The van der Waals surface area contributed by atoms with Crippen LogP contribution in [0.5, 0.6) is 0 Å². The Morgan fingerprint density at radius 3 is 2.60 bits per heavy atom. The van der Waals surface area contributed by atoms with E-state index < -0.39 is 24.2 Å². The van der Waals surface area contributed by atoms with Gasteiger partial charge < -0.3 is 5.11 Å². The predicted octanol–water partition coefficient (Wildman–Crippen LogP) is 3.31. The lowest BCUT2D eigenvalue weighted by atomic mass is 9.70. The van der Waals surface area contributed by atoms with E-state index in [0.29, 0.717) is 12.8 Å². The van der Waals surface area contributed by atoms with E-state index in [9.17, 15) is 13.6 Å². The van der Waals surface area contributed by atoms with Crippen molar-refractivity contribution in [2.75, 3.05) is 0 Å². The lowest BCUT2D eigenvalue weighted by Gasteiger charge is -2.38. The molecule has 1 fully saturated rings. The predicted molar refractivity (Wildman–Crippen MR) is 52.9 cm³/mol. The van der Waals surface area contributed by atoms with Crippen molar-refractivity contribution in [1.29, 1.82) is 0 Å². The smallest absolute Gasteiger partial charge is 0.309 e. The fraction of sp³-hybridized carbons (Fsp3) is 0.909. The maximum absolute atomic E-state index is 13.5. The largest absolute Gasteiger partial charge is 0.481 e. The van der Waals surface area contributed by atoms with Crippen molar-refractivity contribution in [3.8, 4) is 0 Å². The normalized spacial score (nSPS) is 26.3. The first kappa shape index (κ1) is 12.4. The van der Waals surface area contributed by atoms with Crippen molar-refractivity contribution in [3.63, 3.8) is 0 Å². The molecular weight excluding hydrogens is 202 g/mol. The Bertz CT molecular complexity index is 249. The number of carboxylic acids is 1. The zero-order chi connectivity index (χ0) is 11.7. The fourth-order valence-electron chi connectivity index (χ4n) is 2.40. The van der Waals surface area contributed by atoms with Gasteiger partial charge in [0, 0.05) is 5.92 Å². The zero-order valence-corrected chi connectivity index (χ0v) is 9.22. The molecule has 0 aromatic heterocycles. The van der Waals surface area contributed by atoms with Crippen molar-refractivity contribution in [2.24, 2.45) is 11.3 Å². The van der Waals surface area contributed by atoms with Crippen molar-refractivity contribution in [3.05, 3.63) is 0 Å². The first-order chi connectivity index (χ1) is 6.73. The standard InChI is InChI=1S/C11H18F2O2/c1-10(2)5-3-4-8(6-10)11(12,13)7-9(14)15/h8H,3-7H2,1-2H3,(H,14,15). The first-order valence-electron chi connectivity index (χ1n) is 5.33. The number of halogens is 2. The summed E-state index contributed by atoms with van der Waals surface area (Å²) in [5.41, 5.74) is -0.0785. The number of hydrogen-bond acceptors (Lipinski definition) is 1. The molecule has 0 heterocycles. The molecule has 1 rings (SSSR count). The highest BCUT2D eigenvalue weighted by Crippen LogP contribution is 2.45. The number of carbonyl (C=O) groups is 1. The summed E-state index contributed by atoms with van der Waals surface area (Å²) in [6.07, 6.45) is 1.56. The van der Waals surface area contributed by atoms with E-state index in [2.05, 4.69) is 0 Å². The van der Waals surface area contributed by atoms with Crippen LogP contribution in [0.1, 0.15) is 46.0 Å². The molecule has 0 spiro atoms. The van der Waals surface area contributed by atoms with Gasteiger partial charge in [-0.05, 0) is 24.7 Å². The molecule has 1 saturated carbocycles. The van der Waals surface area contributed by atoms with Crippen LogP contribution in [-0.2, 0) is 4.79 Å². The van der Waals surface area contributed by atoms with E-state index in [1.165, 1.54) is 0 Å². The van der Waals surface area contributed by atoms with Gasteiger partial charge in [0.05, 0.1) is 0 Å². The minimum atomic E-state index is -3.05. The molecule has 0 radical (unpaired) electrons. The fourth-order valence-corrected chi connectivity index (χ4v) is 2.40. The summed E-state index contributed by atoms with van der Waals surface area (Å²) in [4.78, 5) is 10.3. The first-order valence-corrected chi connectivity index (χ1v) is 5.33. The van der Waals surface area contributed by atoms with Crippen LogP contribution in [0.25, 0.3) is 0 Å². The molecule has 15 heavy (non-hydrogen) atoms. The quantitative estimate of drug-likeness (QED) is 0.792. The van der Waals surface area contributed by atoms with Gasteiger partial charge in [-0.15, -0.1) is 0 Å². The van der Waals surface area contributed by atoms with Gasteiger partial charge in [-0.3, -0.25) is 4.79 Å². The number of aliphatic carboxylic acids is 1. The van der Waals surface area contributed by atoms with Crippen LogP contribution >= 0.6 is 0 Å². The summed E-state index contributed by atoms with van der Waals surface area (Å²) in [6, 6.07) is 0. The van der Waals surface area contributed by atoms with Gasteiger partial charge in [-0.1, -0.05) is 20.3 Å². The molecule has 1 aliphatic rings. The average molecular weight is 220 g/mol. The van der Waals surface area contributed by atoms with Gasteiger partial charge in [0.2, 0.25) is 0 Å². The molecule has 0 amide bonds. The Labute approximate surface area is 88.7 Å². The minimum Gasteiger partial charge on any atom is -0.481 e. The van der Waals surface area contributed by atoms with Gasteiger partial charge >= 0.3 is 5.97 Å². The third-order valence-electron chi connectivity index (χ3n) is 3.19. The zero-order valence-electron chi connectivity index (χ0n) is 9.22. The summed E-state index contributed by atoms with van der Waals surface area (Å²) in [5.74, 6) is -5.23. The number of alkyl halides is 2. The van der Waals surface area contributed by atoms with Gasteiger partial charge in [0.15, 0.2) is 0 Å². The second-order valence-corrected chi connectivity index (χ2v) is 5.29. The summed E-state index contributed by atoms with van der Waals surface area (Å²) in [6.45, 7) is 3.94. The minimum absolute atomic E-state index is 0.0785. The van der Waals surface area contributed by atoms with E-state index in [4.69, 9.17) is 5.11 Å². The molecule has 2 nitrogen and oxygen atoms in total. The van der Waals surface area contributed by atoms with Gasteiger partial charge in [-0.2, -0.15) is 0 Å². The van der Waals surface area contributed by atoms with Crippen LogP contribution in [0.15, 0.2) is 0 Å². The highest BCUT2D eigenvalue weighted by Gasteiger charge is 2.45. The second-order valence-electron chi connectivity index (χ2n) is 5.29. The lowest BCUT2D eigenvalue weighted by molar-refractivity contribution is -0.152. The Morgan fingerprint density at radius 1 is 1.53 bits per heavy atom. The molecular formula is C11H18F2O2. The van der Waals surface area contributed by atoms with Crippen molar-refractivity contribution < 1.29 is 18.7 Å². The van der Waals surface area contributed by atoms with Gasteiger partial charge in [0.25, 0.3) is 5.92 Å². The lowest BCUT2D eigenvalue weighted by Crippen LogP contribution is -2.37. The highest BCUT2D eigenvalue weighted by molar-refractivity contribution is 5.67.